The van der Waals surface area contributed by atoms with Crippen LogP contribution in [0.15, 0.2) is 72.8 Å². The van der Waals surface area contributed by atoms with E-state index >= 15 is 0 Å². The van der Waals surface area contributed by atoms with Gasteiger partial charge in [-0.25, -0.2) is 0 Å². The lowest BCUT2D eigenvalue weighted by Crippen LogP contribution is -2.12. The highest BCUT2D eigenvalue weighted by Crippen LogP contribution is 2.23. The maximum absolute atomic E-state index is 12.6. The summed E-state index contributed by atoms with van der Waals surface area (Å²) in [6, 6.07) is 23.1. The molecule has 0 fully saturated rings. The van der Waals surface area contributed by atoms with Gasteiger partial charge in [-0.15, -0.1) is 0 Å². The Morgan fingerprint density at radius 1 is 0.964 bits per heavy atom. The number of hydrogen-bond donors (Lipinski definition) is 1. The van der Waals surface area contributed by atoms with Gasteiger partial charge in [0, 0.05) is 20.4 Å². The summed E-state index contributed by atoms with van der Waals surface area (Å²) in [4.78, 5) is 12.6. The Morgan fingerprint density at radius 2 is 1.71 bits per heavy atom. The van der Waals surface area contributed by atoms with Crippen molar-refractivity contribution in [2.45, 2.75) is 20.1 Å². The summed E-state index contributed by atoms with van der Waals surface area (Å²) in [5, 5.41) is 2.92. The molecule has 0 spiro atoms. The van der Waals surface area contributed by atoms with Crippen LogP contribution in [0.4, 0.5) is 5.69 Å². The highest BCUT2D eigenvalue weighted by molar-refractivity contribution is 14.1. The van der Waals surface area contributed by atoms with E-state index in [2.05, 4.69) is 27.9 Å². The minimum atomic E-state index is -0.159. The first-order chi connectivity index (χ1) is 13.7. The zero-order valence-electron chi connectivity index (χ0n) is 15.7. The van der Waals surface area contributed by atoms with Gasteiger partial charge in [-0.1, -0.05) is 30.3 Å². The monoisotopic (exact) mass is 487 g/mol. The normalized spacial score (nSPS) is 10.5. The number of ether oxygens (including phenoxy) is 2. The van der Waals surface area contributed by atoms with Crippen LogP contribution in [0.1, 0.15) is 28.4 Å². The first-order valence-corrected chi connectivity index (χ1v) is 10.2. The van der Waals surface area contributed by atoms with Gasteiger partial charge < -0.3 is 14.8 Å². The lowest BCUT2D eigenvalue weighted by molar-refractivity contribution is 0.101. The maximum Gasteiger partial charge on any atom is 0.255 e. The molecule has 0 atom stereocenters. The van der Waals surface area contributed by atoms with Crippen LogP contribution in [-0.2, 0) is 18.0 Å². The van der Waals surface area contributed by atoms with E-state index < -0.39 is 0 Å². The Balaban J connectivity index is 1.70. The lowest BCUT2D eigenvalue weighted by atomic mass is 10.1. The predicted molar refractivity (Wildman–Crippen MR) is 120 cm³/mol. The van der Waals surface area contributed by atoms with Gasteiger partial charge in [-0.05, 0) is 77.5 Å². The summed E-state index contributed by atoms with van der Waals surface area (Å²) in [6.45, 7) is 3.37. The van der Waals surface area contributed by atoms with E-state index in [1.807, 2.05) is 73.7 Å². The minimum Gasteiger partial charge on any atom is -0.494 e. The number of rotatable bonds is 8. The third-order valence-corrected chi connectivity index (χ3v) is 4.81. The van der Waals surface area contributed by atoms with Crippen LogP contribution in [-0.4, -0.2) is 12.5 Å². The molecule has 0 saturated carbocycles. The standard InChI is InChI=1S/C23H22INO3/c1-2-28-22-13-8-18(23(26)25-21-11-9-20(24)10-12-21)14-19(22)16-27-15-17-6-4-3-5-7-17/h3-14H,2,15-16H2,1H3,(H,25,26). The summed E-state index contributed by atoms with van der Waals surface area (Å²) in [5.41, 5.74) is 3.29. The van der Waals surface area contributed by atoms with Gasteiger partial charge in [0.2, 0.25) is 0 Å². The summed E-state index contributed by atoms with van der Waals surface area (Å²) < 4.78 is 12.7. The van der Waals surface area contributed by atoms with Crippen molar-refractivity contribution in [2.24, 2.45) is 0 Å². The molecule has 144 valence electrons. The largest absolute Gasteiger partial charge is 0.494 e. The first-order valence-electron chi connectivity index (χ1n) is 9.10. The number of halogens is 1. The fraction of sp³-hybridized carbons (Fsp3) is 0.174. The Bertz CT molecular complexity index is 911. The molecule has 3 aromatic rings. The van der Waals surface area contributed by atoms with Crippen LogP contribution < -0.4 is 10.1 Å². The van der Waals surface area contributed by atoms with Crippen LogP contribution >= 0.6 is 22.6 Å². The van der Waals surface area contributed by atoms with E-state index in [-0.39, 0.29) is 5.91 Å². The molecular weight excluding hydrogens is 465 g/mol. The van der Waals surface area contributed by atoms with E-state index in [0.29, 0.717) is 25.4 Å². The topological polar surface area (TPSA) is 47.6 Å². The quantitative estimate of drug-likeness (QED) is 0.418. The lowest BCUT2D eigenvalue weighted by Gasteiger charge is -2.13. The highest BCUT2D eigenvalue weighted by atomic mass is 127. The summed E-state index contributed by atoms with van der Waals surface area (Å²) in [7, 11) is 0. The molecule has 0 saturated heterocycles. The zero-order valence-corrected chi connectivity index (χ0v) is 17.8. The molecule has 0 bridgehead atoms. The minimum absolute atomic E-state index is 0.159. The molecule has 3 rings (SSSR count). The molecule has 0 aliphatic carbocycles. The van der Waals surface area contributed by atoms with Crippen LogP contribution in [0.25, 0.3) is 0 Å². The Labute approximate surface area is 179 Å². The molecule has 5 heteroatoms. The van der Waals surface area contributed by atoms with E-state index in [9.17, 15) is 4.79 Å². The van der Waals surface area contributed by atoms with Crippen molar-refractivity contribution in [2.75, 3.05) is 11.9 Å². The number of carbonyl (C=O) groups is 1. The molecule has 3 aromatic carbocycles. The van der Waals surface area contributed by atoms with E-state index in [4.69, 9.17) is 9.47 Å². The van der Waals surface area contributed by atoms with Crippen molar-refractivity contribution in [1.29, 1.82) is 0 Å². The predicted octanol–water partition coefficient (Wildman–Crippen LogP) is 5.66. The second-order valence-corrected chi connectivity index (χ2v) is 7.44. The van der Waals surface area contributed by atoms with Gasteiger partial charge in [-0.2, -0.15) is 0 Å². The molecular formula is C23H22INO3. The van der Waals surface area contributed by atoms with Crippen LogP contribution in [0.5, 0.6) is 5.75 Å². The fourth-order valence-corrected chi connectivity index (χ4v) is 3.08. The molecule has 4 nitrogen and oxygen atoms in total. The van der Waals surface area contributed by atoms with Crippen molar-refractivity contribution < 1.29 is 14.3 Å². The molecule has 0 unspecified atom stereocenters. The van der Waals surface area contributed by atoms with Crippen molar-refractivity contribution in [3.05, 3.63) is 93.1 Å². The number of nitrogens with one attached hydrogen (secondary N) is 1. The zero-order chi connectivity index (χ0) is 19.8. The number of anilines is 1. The number of hydrogen-bond acceptors (Lipinski definition) is 3. The maximum atomic E-state index is 12.6. The van der Waals surface area contributed by atoms with Gasteiger partial charge in [0.25, 0.3) is 5.91 Å². The Morgan fingerprint density at radius 3 is 2.43 bits per heavy atom. The number of benzene rings is 3. The molecule has 1 N–H and O–H groups in total. The van der Waals surface area contributed by atoms with Gasteiger partial charge in [-0.3, -0.25) is 4.79 Å². The third kappa shape index (κ3) is 5.81. The van der Waals surface area contributed by atoms with Crippen molar-refractivity contribution in [1.82, 2.24) is 0 Å². The number of carbonyl (C=O) groups excluding carboxylic acids is 1. The second kappa shape index (κ2) is 10.2. The van der Waals surface area contributed by atoms with E-state index in [0.717, 1.165) is 26.1 Å². The molecule has 0 aliphatic heterocycles. The molecule has 0 aromatic heterocycles. The summed E-state index contributed by atoms with van der Waals surface area (Å²) in [5.74, 6) is 0.579. The van der Waals surface area contributed by atoms with Crippen molar-refractivity contribution in [3.63, 3.8) is 0 Å². The average molecular weight is 487 g/mol. The molecule has 1 amide bonds. The smallest absolute Gasteiger partial charge is 0.255 e. The van der Waals surface area contributed by atoms with Gasteiger partial charge >= 0.3 is 0 Å². The van der Waals surface area contributed by atoms with Crippen LogP contribution in [0.3, 0.4) is 0 Å². The third-order valence-electron chi connectivity index (χ3n) is 4.09. The van der Waals surface area contributed by atoms with E-state index in [1.165, 1.54) is 0 Å². The van der Waals surface area contributed by atoms with Crippen LogP contribution in [0, 0.1) is 3.57 Å². The average Bonchev–Trinajstić information content (AvgIpc) is 2.72. The summed E-state index contributed by atoms with van der Waals surface area (Å²) >= 11 is 2.23. The highest BCUT2D eigenvalue weighted by Gasteiger charge is 2.11. The summed E-state index contributed by atoms with van der Waals surface area (Å²) in [6.07, 6.45) is 0. The van der Waals surface area contributed by atoms with Gasteiger partial charge in [0.15, 0.2) is 0 Å². The fourth-order valence-electron chi connectivity index (χ4n) is 2.72. The van der Waals surface area contributed by atoms with Crippen LogP contribution in [0.2, 0.25) is 0 Å². The van der Waals surface area contributed by atoms with Crippen molar-refractivity contribution >= 4 is 34.2 Å². The van der Waals surface area contributed by atoms with Crippen molar-refractivity contribution in [3.8, 4) is 5.75 Å². The molecule has 0 radical (unpaired) electrons. The molecule has 0 aliphatic rings. The SMILES string of the molecule is CCOc1ccc(C(=O)Nc2ccc(I)cc2)cc1COCc1ccccc1. The van der Waals surface area contributed by atoms with Gasteiger partial charge in [0.05, 0.1) is 19.8 Å². The first kappa shape index (κ1) is 20.4. The molecule has 0 heterocycles. The number of amides is 1. The molecule has 28 heavy (non-hydrogen) atoms. The Kier molecular flexibility index (Phi) is 7.45. The Hall–Kier alpha value is -2.38. The van der Waals surface area contributed by atoms with E-state index in [1.54, 1.807) is 6.07 Å². The van der Waals surface area contributed by atoms with Gasteiger partial charge in [0.1, 0.15) is 5.75 Å². The second-order valence-electron chi connectivity index (χ2n) is 6.19.